The number of carbonyl (C=O) groups excluding carboxylic acids is 4. The first kappa shape index (κ1) is 93.1. The Morgan fingerprint density at radius 1 is 0.284 bits per heavy atom. The summed E-state index contributed by atoms with van der Waals surface area (Å²) in [6.45, 7) is 11.9. The molecule has 0 aromatic carbocycles. The van der Waals surface area contributed by atoms with Gasteiger partial charge in [0.1, 0.15) is 19.3 Å². The first-order valence-electron chi connectivity index (χ1n) is 39.3. The molecule has 0 saturated carbocycles. The maximum atomic E-state index is 13.1. The van der Waals surface area contributed by atoms with E-state index in [1.165, 1.54) is 199 Å². The highest BCUT2D eigenvalue weighted by atomic mass is 31.2. The van der Waals surface area contributed by atoms with Crippen LogP contribution in [-0.4, -0.2) is 96.7 Å². The minimum Gasteiger partial charge on any atom is -0.462 e. The van der Waals surface area contributed by atoms with E-state index in [0.717, 1.165) is 108 Å². The standard InChI is InChI=1S/C76H148O17P2/c1-8-9-10-11-12-13-14-18-22-29-38-45-52-59-75(80)93-72(64-87-74(79)58-51-44-37-32-31-35-42-49-56-69(6)7)66-91-95(84,85)89-62-70(77)61-88-94(82,83)90-65-71(63-86-73(78)57-50-43-36-28-25-24-27-34-41-48-55-68(4)5)92-76(81)60-53-46-39-30-23-20-17-15-16-19-21-26-33-40-47-54-67(2)3/h67-72,77H,8-66H2,1-7H3,(H,82,83)(H,84,85)/t70-,71-,72-/m1/s1. The number of ether oxygens (including phenoxy) is 4. The van der Waals surface area contributed by atoms with Gasteiger partial charge in [-0.2, -0.15) is 0 Å². The summed E-state index contributed by atoms with van der Waals surface area (Å²) < 4.78 is 68.5. The molecule has 0 radical (unpaired) electrons. The van der Waals surface area contributed by atoms with E-state index in [2.05, 4.69) is 48.5 Å². The highest BCUT2D eigenvalue weighted by molar-refractivity contribution is 7.47. The second-order valence-corrected chi connectivity index (χ2v) is 31.7. The van der Waals surface area contributed by atoms with Crippen LogP contribution in [0.3, 0.4) is 0 Å². The molecular weight excluding hydrogens is 1250 g/mol. The Morgan fingerprint density at radius 2 is 0.484 bits per heavy atom. The number of hydrogen-bond donors (Lipinski definition) is 3. The topological polar surface area (TPSA) is 237 Å². The van der Waals surface area contributed by atoms with Crippen molar-refractivity contribution in [1.29, 1.82) is 0 Å². The summed E-state index contributed by atoms with van der Waals surface area (Å²) in [6.07, 6.45) is 52.7. The van der Waals surface area contributed by atoms with Gasteiger partial charge in [-0.3, -0.25) is 37.3 Å². The normalized spacial score (nSPS) is 14.1. The Balaban J connectivity index is 5.25. The summed E-state index contributed by atoms with van der Waals surface area (Å²) in [5.74, 6) is 0.171. The molecule has 0 rings (SSSR count). The van der Waals surface area contributed by atoms with Crippen molar-refractivity contribution in [2.24, 2.45) is 17.8 Å². The number of aliphatic hydroxyl groups is 1. The Hall–Kier alpha value is -1.94. The summed E-state index contributed by atoms with van der Waals surface area (Å²) in [6, 6.07) is 0. The Bertz CT molecular complexity index is 1850. The summed E-state index contributed by atoms with van der Waals surface area (Å²) in [7, 11) is -9.91. The molecule has 19 heteroatoms. The lowest BCUT2D eigenvalue weighted by atomic mass is 10.0. The second kappa shape index (κ2) is 66.6. The van der Waals surface area contributed by atoms with Crippen LogP contribution in [0.1, 0.15) is 389 Å². The average Bonchev–Trinajstić information content (AvgIpc) is 2.18. The Labute approximate surface area is 581 Å². The van der Waals surface area contributed by atoms with E-state index in [0.29, 0.717) is 25.7 Å². The van der Waals surface area contributed by atoms with Crippen LogP contribution >= 0.6 is 15.6 Å². The smallest absolute Gasteiger partial charge is 0.462 e. The van der Waals surface area contributed by atoms with Crippen molar-refractivity contribution in [3.05, 3.63) is 0 Å². The van der Waals surface area contributed by atoms with Crippen molar-refractivity contribution in [1.82, 2.24) is 0 Å². The number of carbonyl (C=O) groups is 4. The van der Waals surface area contributed by atoms with E-state index in [-0.39, 0.29) is 25.7 Å². The maximum absolute atomic E-state index is 13.1. The van der Waals surface area contributed by atoms with Gasteiger partial charge in [-0.15, -0.1) is 0 Å². The first-order chi connectivity index (χ1) is 45.7. The Morgan fingerprint density at radius 3 is 0.716 bits per heavy atom. The van der Waals surface area contributed by atoms with Crippen LogP contribution in [0.15, 0.2) is 0 Å². The Kier molecular flexibility index (Phi) is 65.2. The molecule has 0 amide bonds. The van der Waals surface area contributed by atoms with Crippen molar-refractivity contribution in [2.75, 3.05) is 39.6 Å². The van der Waals surface area contributed by atoms with Crippen LogP contribution in [0.4, 0.5) is 0 Å². The van der Waals surface area contributed by atoms with Crippen molar-refractivity contribution in [3.63, 3.8) is 0 Å². The minimum atomic E-state index is -4.96. The second-order valence-electron chi connectivity index (χ2n) is 28.8. The van der Waals surface area contributed by atoms with Gasteiger partial charge in [-0.1, -0.05) is 337 Å². The van der Waals surface area contributed by atoms with E-state index in [1.807, 2.05) is 0 Å². The lowest BCUT2D eigenvalue weighted by molar-refractivity contribution is -0.161. The molecule has 2 unspecified atom stereocenters. The van der Waals surface area contributed by atoms with E-state index in [1.54, 1.807) is 0 Å². The predicted molar refractivity (Wildman–Crippen MR) is 386 cm³/mol. The zero-order valence-electron chi connectivity index (χ0n) is 62.1. The molecule has 0 aromatic heterocycles. The lowest BCUT2D eigenvalue weighted by Gasteiger charge is -2.21. The monoisotopic (exact) mass is 1400 g/mol. The largest absolute Gasteiger partial charge is 0.472 e. The van der Waals surface area contributed by atoms with Crippen LogP contribution in [0, 0.1) is 17.8 Å². The zero-order chi connectivity index (χ0) is 70.1. The van der Waals surface area contributed by atoms with Gasteiger partial charge in [0.2, 0.25) is 0 Å². The number of esters is 4. The van der Waals surface area contributed by atoms with Crippen molar-refractivity contribution in [3.8, 4) is 0 Å². The molecule has 0 aliphatic carbocycles. The minimum absolute atomic E-state index is 0.107. The van der Waals surface area contributed by atoms with Gasteiger partial charge in [0.15, 0.2) is 12.2 Å². The van der Waals surface area contributed by atoms with E-state index >= 15 is 0 Å². The van der Waals surface area contributed by atoms with Gasteiger partial charge < -0.3 is 33.8 Å². The molecule has 0 saturated heterocycles. The highest BCUT2D eigenvalue weighted by Crippen LogP contribution is 2.45. The molecule has 564 valence electrons. The average molecular weight is 1400 g/mol. The molecule has 0 spiro atoms. The number of aliphatic hydroxyl groups excluding tert-OH is 1. The number of rotatable bonds is 74. The molecule has 0 aliphatic heterocycles. The van der Waals surface area contributed by atoms with Crippen LogP contribution in [0.2, 0.25) is 0 Å². The van der Waals surface area contributed by atoms with Gasteiger partial charge in [-0.05, 0) is 43.4 Å². The van der Waals surface area contributed by atoms with Gasteiger partial charge >= 0.3 is 39.5 Å². The SMILES string of the molecule is CCCCCCCCCCCCCCCC(=O)O[C@H](COC(=O)CCCCCCCCCCC(C)C)COP(=O)(O)OC[C@H](O)COP(=O)(O)OC[C@@H](COC(=O)CCCCCCCCCCCCC(C)C)OC(=O)CCCCCCCCCCCCCCCCCC(C)C. The molecule has 0 bridgehead atoms. The van der Waals surface area contributed by atoms with Gasteiger partial charge in [-0.25, -0.2) is 9.13 Å². The van der Waals surface area contributed by atoms with Crippen LogP contribution < -0.4 is 0 Å². The van der Waals surface area contributed by atoms with Gasteiger partial charge in [0, 0.05) is 25.7 Å². The summed E-state index contributed by atoms with van der Waals surface area (Å²) in [5.41, 5.74) is 0. The quantitative estimate of drug-likeness (QED) is 0.0222. The van der Waals surface area contributed by atoms with Gasteiger partial charge in [0.05, 0.1) is 26.4 Å². The molecule has 0 heterocycles. The van der Waals surface area contributed by atoms with Crippen LogP contribution in [-0.2, 0) is 65.4 Å². The molecule has 0 aromatic rings. The zero-order valence-corrected chi connectivity index (χ0v) is 63.9. The number of phosphoric ester groups is 2. The number of phosphoric acid groups is 2. The summed E-state index contributed by atoms with van der Waals surface area (Å²) in [5, 5.41) is 10.6. The molecular formula is C76H148O17P2. The van der Waals surface area contributed by atoms with Crippen LogP contribution in [0.5, 0.6) is 0 Å². The molecule has 0 aliphatic rings. The fourth-order valence-corrected chi connectivity index (χ4v) is 13.2. The predicted octanol–water partition coefficient (Wildman–Crippen LogP) is 22.2. The highest BCUT2D eigenvalue weighted by Gasteiger charge is 2.30. The molecule has 5 atom stereocenters. The lowest BCUT2D eigenvalue weighted by Crippen LogP contribution is -2.30. The molecule has 3 N–H and O–H groups in total. The molecule has 17 nitrogen and oxygen atoms in total. The first-order valence-corrected chi connectivity index (χ1v) is 42.3. The van der Waals surface area contributed by atoms with E-state index in [9.17, 15) is 43.2 Å². The van der Waals surface area contributed by atoms with E-state index in [4.69, 9.17) is 37.0 Å². The summed E-state index contributed by atoms with van der Waals surface area (Å²) >= 11 is 0. The molecule has 0 fully saturated rings. The van der Waals surface area contributed by atoms with Crippen molar-refractivity contribution >= 4 is 39.5 Å². The summed E-state index contributed by atoms with van der Waals surface area (Å²) in [4.78, 5) is 72.8. The maximum Gasteiger partial charge on any atom is 0.472 e. The third kappa shape index (κ3) is 70.3. The number of hydrogen-bond acceptors (Lipinski definition) is 15. The van der Waals surface area contributed by atoms with Crippen LogP contribution in [0.25, 0.3) is 0 Å². The van der Waals surface area contributed by atoms with Gasteiger partial charge in [0.25, 0.3) is 0 Å². The fourth-order valence-electron chi connectivity index (χ4n) is 11.6. The third-order valence-corrected chi connectivity index (χ3v) is 19.5. The molecule has 95 heavy (non-hydrogen) atoms. The van der Waals surface area contributed by atoms with Crippen molar-refractivity contribution in [2.45, 2.75) is 407 Å². The number of unbranched alkanes of at least 4 members (excludes halogenated alkanes) is 42. The van der Waals surface area contributed by atoms with Crippen molar-refractivity contribution < 1.29 is 80.2 Å². The fraction of sp³-hybridized carbons (Fsp3) is 0.947. The van der Waals surface area contributed by atoms with E-state index < -0.39 is 97.5 Å². The third-order valence-electron chi connectivity index (χ3n) is 17.6.